The summed E-state index contributed by atoms with van der Waals surface area (Å²) < 4.78 is 0. The first-order chi connectivity index (χ1) is 10.3. The third-order valence-electron chi connectivity index (χ3n) is 4.29. The lowest BCUT2D eigenvalue weighted by molar-refractivity contribution is -0.126. The molecule has 0 saturated carbocycles. The quantitative estimate of drug-likeness (QED) is 0.751. The average Bonchev–Trinajstić information content (AvgIpc) is 2.55. The molecule has 2 aliphatic rings. The van der Waals surface area contributed by atoms with E-state index in [4.69, 9.17) is 11.6 Å². The maximum atomic E-state index is 12.2. The highest BCUT2D eigenvalue weighted by atomic mass is 35.5. The van der Waals surface area contributed by atoms with Crippen molar-refractivity contribution in [1.82, 2.24) is 4.90 Å². The highest BCUT2D eigenvalue weighted by Crippen LogP contribution is 2.34. The standard InChI is InChI=1S/C18H20ClNO/c19-18-15(9-8-14-6-2-3-7-16(14)18)10-11-17(21)20-12-4-1-5-13-20/h2-3,6-7,10-11H,1,4-5,8-9,12-13H2. The third kappa shape index (κ3) is 3.21. The third-order valence-corrected chi connectivity index (χ3v) is 4.74. The second kappa shape index (κ2) is 6.48. The number of allylic oxidation sites excluding steroid dienone is 2. The van der Waals surface area contributed by atoms with E-state index in [-0.39, 0.29) is 5.91 Å². The van der Waals surface area contributed by atoms with E-state index in [0.29, 0.717) is 0 Å². The fraction of sp³-hybridized carbons (Fsp3) is 0.389. The smallest absolute Gasteiger partial charge is 0.246 e. The lowest BCUT2D eigenvalue weighted by atomic mass is 9.92. The van der Waals surface area contributed by atoms with Crippen LogP contribution in [0.5, 0.6) is 0 Å². The Morgan fingerprint density at radius 2 is 1.86 bits per heavy atom. The molecule has 1 fully saturated rings. The average molecular weight is 302 g/mol. The lowest BCUT2D eigenvalue weighted by Gasteiger charge is -2.25. The summed E-state index contributed by atoms with van der Waals surface area (Å²) in [5, 5.41) is 0.791. The zero-order chi connectivity index (χ0) is 14.7. The van der Waals surface area contributed by atoms with Gasteiger partial charge in [-0.1, -0.05) is 41.9 Å². The monoisotopic (exact) mass is 301 g/mol. The summed E-state index contributed by atoms with van der Waals surface area (Å²) in [6.07, 6.45) is 8.98. The Morgan fingerprint density at radius 3 is 2.67 bits per heavy atom. The Bertz CT molecular complexity index is 597. The number of carbonyl (C=O) groups is 1. The van der Waals surface area contributed by atoms with Crippen molar-refractivity contribution in [2.75, 3.05) is 13.1 Å². The number of aryl methyl sites for hydroxylation is 1. The molecule has 0 atom stereocenters. The number of hydrogen-bond acceptors (Lipinski definition) is 1. The van der Waals surface area contributed by atoms with Crippen molar-refractivity contribution in [3.8, 4) is 0 Å². The van der Waals surface area contributed by atoms with Crippen LogP contribution < -0.4 is 0 Å². The molecule has 3 heteroatoms. The minimum atomic E-state index is 0.116. The topological polar surface area (TPSA) is 20.3 Å². The van der Waals surface area contributed by atoms with Crippen LogP contribution >= 0.6 is 11.6 Å². The van der Waals surface area contributed by atoms with Gasteiger partial charge in [-0.3, -0.25) is 4.79 Å². The van der Waals surface area contributed by atoms with Gasteiger partial charge in [0.05, 0.1) is 5.03 Å². The van der Waals surface area contributed by atoms with E-state index >= 15 is 0 Å². The van der Waals surface area contributed by atoms with Gasteiger partial charge < -0.3 is 4.90 Å². The molecule has 0 unspecified atom stereocenters. The Labute approximate surface area is 131 Å². The van der Waals surface area contributed by atoms with Gasteiger partial charge in [0.1, 0.15) is 0 Å². The molecule has 1 aliphatic heterocycles. The molecule has 1 amide bonds. The zero-order valence-electron chi connectivity index (χ0n) is 12.1. The maximum Gasteiger partial charge on any atom is 0.246 e. The van der Waals surface area contributed by atoms with Gasteiger partial charge >= 0.3 is 0 Å². The molecular formula is C18H20ClNO. The number of amides is 1. The first-order valence-electron chi connectivity index (χ1n) is 7.69. The van der Waals surface area contributed by atoms with E-state index in [0.717, 1.165) is 54.9 Å². The molecule has 0 spiro atoms. The zero-order valence-corrected chi connectivity index (χ0v) is 12.9. The highest BCUT2D eigenvalue weighted by molar-refractivity contribution is 6.49. The van der Waals surface area contributed by atoms with Gasteiger partial charge in [0, 0.05) is 19.2 Å². The van der Waals surface area contributed by atoms with E-state index < -0.39 is 0 Å². The summed E-state index contributed by atoms with van der Waals surface area (Å²) in [5.41, 5.74) is 3.47. The molecule has 1 saturated heterocycles. The molecule has 21 heavy (non-hydrogen) atoms. The predicted octanol–water partition coefficient (Wildman–Crippen LogP) is 4.15. The Hall–Kier alpha value is -1.54. The second-order valence-electron chi connectivity index (χ2n) is 5.72. The van der Waals surface area contributed by atoms with Crippen LogP contribution in [0.3, 0.4) is 0 Å². The number of halogens is 1. The first kappa shape index (κ1) is 14.4. The maximum absolute atomic E-state index is 12.2. The van der Waals surface area contributed by atoms with E-state index in [2.05, 4.69) is 12.1 Å². The van der Waals surface area contributed by atoms with E-state index in [1.165, 1.54) is 12.0 Å². The van der Waals surface area contributed by atoms with Crippen LogP contribution in [0, 0.1) is 0 Å². The number of piperidine rings is 1. The molecule has 0 bridgehead atoms. The van der Waals surface area contributed by atoms with Gasteiger partial charge in [0.25, 0.3) is 0 Å². The molecule has 1 heterocycles. The minimum absolute atomic E-state index is 0.116. The first-order valence-corrected chi connectivity index (χ1v) is 8.07. The van der Waals surface area contributed by atoms with Crippen molar-refractivity contribution >= 4 is 22.5 Å². The molecule has 0 aromatic heterocycles. The Balaban J connectivity index is 1.75. The fourth-order valence-electron chi connectivity index (χ4n) is 3.05. The number of carbonyl (C=O) groups excluding carboxylic acids is 1. The summed E-state index contributed by atoms with van der Waals surface area (Å²) in [6, 6.07) is 8.23. The molecule has 2 nitrogen and oxygen atoms in total. The molecule has 0 N–H and O–H groups in total. The van der Waals surface area contributed by atoms with Gasteiger partial charge in [-0.25, -0.2) is 0 Å². The number of benzene rings is 1. The van der Waals surface area contributed by atoms with Crippen LogP contribution in [0.15, 0.2) is 42.0 Å². The van der Waals surface area contributed by atoms with Crippen LogP contribution in [0.2, 0.25) is 0 Å². The number of likely N-dealkylation sites (tertiary alicyclic amines) is 1. The van der Waals surface area contributed by atoms with Gasteiger partial charge in [0.15, 0.2) is 0 Å². The number of nitrogens with zero attached hydrogens (tertiary/aromatic N) is 1. The van der Waals surface area contributed by atoms with Crippen molar-refractivity contribution in [3.05, 3.63) is 53.1 Å². The molecule has 1 aromatic rings. The van der Waals surface area contributed by atoms with Gasteiger partial charge in [-0.2, -0.15) is 0 Å². The largest absolute Gasteiger partial charge is 0.339 e. The van der Waals surface area contributed by atoms with Crippen LogP contribution in [-0.4, -0.2) is 23.9 Å². The van der Waals surface area contributed by atoms with Crippen molar-refractivity contribution in [1.29, 1.82) is 0 Å². The van der Waals surface area contributed by atoms with Gasteiger partial charge in [0.2, 0.25) is 5.91 Å². The predicted molar refractivity (Wildman–Crippen MR) is 87.1 cm³/mol. The normalized spacial score (nSPS) is 19.0. The lowest BCUT2D eigenvalue weighted by Crippen LogP contribution is -2.34. The van der Waals surface area contributed by atoms with Crippen molar-refractivity contribution in [2.24, 2.45) is 0 Å². The van der Waals surface area contributed by atoms with E-state index in [9.17, 15) is 4.79 Å². The highest BCUT2D eigenvalue weighted by Gasteiger charge is 2.17. The molecular weight excluding hydrogens is 282 g/mol. The summed E-state index contributed by atoms with van der Waals surface area (Å²) in [5.74, 6) is 0.116. The molecule has 110 valence electrons. The van der Waals surface area contributed by atoms with Crippen LogP contribution in [0.25, 0.3) is 5.03 Å². The summed E-state index contributed by atoms with van der Waals surface area (Å²) in [4.78, 5) is 14.1. The van der Waals surface area contributed by atoms with Crippen molar-refractivity contribution in [2.45, 2.75) is 32.1 Å². The molecule has 0 radical (unpaired) electrons. The van der Waals surface area contributed by atoms with Crippen LogP contribution in [0.4, 0.5) is 0 Å². The van der Waals surface area contributed by atoms with Crippen molar-refractivity contribution in [3.63, 3.8) is 0 Å². The summed E-state index contributed by atoms with van der Waals surface area (Å²) >= 11 is 6.49. The molecule has 1 aromatic carbocycles. The van der Waals surface area contributed by atoms with Gasteiger partial charge in [-0.15, -0.1) is 0 Å². The molecule has 1 aliphatic carbocycles. The number of rotatable bonds is 2. The van der Waals surface area contributed by atoms with Gasteiger partial charge in [-0.05, 0) is 48.8 Å². The summed E-state index contributed by atoms with van der Waals surface area (Å²) in [6.45, 7) is 1.78. The number of hydrogen-bond donors (Lipinski definition) is 0. The van der Waals surface area contributed by atoms with Crippen LogP contribution in [0.1, 0.15) is 36.8 Å². The second-order valence-corrected chi connectivity index (χ2v) is 6.09. The molecule has 3 rings (SSSR count). The fourth-order valence-corrected chi connectivity index (χ4v) is 3.39. The van der Waals surface area contributed by atoms with Crippen molar-refractivity contribution < 1.29 is 4.79 Å². The van der Waals surface area contributed by atoms with E-state index in [1.807, 2.05) is 23.1 Å². The minimum Gasteiger partial charge on any atom is -0.339 e. The Morgan fingerprint density at radius 1 is 1.10 bits per heavy atom. The SMILES string of the molecule is O=C(C=CC1=C(Cl)c2ccccc2CC1)N1CCCCC1. The van der Waals surface area contributed by atoms with Crippen LogP contribution in [-0.2, 0) is 11.2 Å². The number of fused-ring (bicyclic) bond motifs is 1. The summed E-state index contributed by atoms with van der Waals surface area (Å²) in [7, 11) is 0. The van der Waals surface area contributed by atoms with E-state index in [1.54, 1.807) is 6.08 Å². The Kier molecular flexibility index (Phi) is 4.45.